The molecule has 0 aromatic heterocycles. The van der Waals surface area contributed by atoms with Crippen LogP contribution in [0.25, 0.3) is 0 Å². The third-order valence-electron chi connectivity index (χ3n) is 1.92. The lowest BCUT2D eigenvalue weighted by Crippen LogP contribution is -2.36. The molecule has 15 heavy (non-hydrogen) atoms. The fourth-order valence-electron chi connectivity index (χ4n) is 1.22. The number of benzene rings is 1. The lowest BCUT2D eigenvalue weighted by atomic mass is 10.2. The van der Waals surface area contributed by atoms with E-state index in [1.807, 2.05) is 31.2 Å². The Labute approximate surface area is 95.6 Å². The predicted molar refractivity (Wildman–Crippen MR) is 65.3 cm³/mol. The molecule has 4 heteroatoms. The normalized spacial score (nSPS) is 11.3. The van der Waals surface area contributed by atoms with Crippen LogP contribution in [0.5, 0.6) is 0 Å². The summed E-state index contributed by atoms with van der Waals surface area (Å²) in [6, 6.07) is 7.77. The van der Waals surface area contributed by atoms with Crippen LogP contribution in [0.4, 0.5) is 0 Å². The van der Waals surface area contributed by atoms with E-state index < -0.39 is 0 Å². The number of halogens is 1. The van der Waals surface area contributed by atoms with E-state index in [4.69, 9.17) is 11.6 Å². The Morgan fingerprint density at radius 1 is 1.40 bits per heavy atom. The number of hydrogen-bond donors (Lipinski definition) is 2. The van der Waals surface area contributed by atoms with Crippen LogP contribution >= 0.6 is 11.6 Å². The highest BCUT2D eigenvalue weighted by Gasteiger charge is 1.96. The number of rotatable bonds is 3. The fraction of sp³-hybridized carbons (Fsp3) is 0.364. The number of hydrogen-bond acceptors (Lipinski definition) is 1. The molecule has 2 N–H and O–H groups in total. The minimum absolute atomic E-state index is 0.722. The highest BCUT2D eigenvalue weighted by atomic mass is 35.5. The van der Waals surface area contributed by atoms with Crippen molar-refractivity contribution >= 4 is 17.6 Å². The van der Waals surface area contributed by atoms with Crippen molar-refractivity contribution in [1.82, 2.24) is 10.6 Å². The summed E-state index contributed by atoms with van der Waals surface area (Å²) in [5, 5.41) is 7.07. The zero-order valence-corrected chi connectivity index (χ0v) is 9.80. The maximum Gasteiger partial charge on any atom is 0.191 e. The van der Waals surface area contributed by atoms with E-state index in [2.05, 4.69) is 15.6 Å². The number of nitrogens with zero attached hydrogens (tertiary/aromatic N) is 1. The van der Waals surface area contributed by atoms with Crippen molar-refractivity contribution in [3.8, 4) is 0 Å². The van der Waals surface area contributed by atoms with E-state index in [0.717, 1.165) is 29.6 Å². The summed E-state index contributed by atoms with van der Waals surface area (Å²) in [6.45, 7) is 3.61. The van der Waals surface area contributed by atoms with Crippen LogP contribution in [0.2, 0.25) is 5.02 Å². The van der Waals surface area contributed by atoms with Crippen LogP contribution in [0.3, 0.4) is 0 Å². The third-order valence-corrected chi connectivity index (χ3v) is 2.15. The standard InChI is InChI=1S/C11H16ClN3/c1-3-14-11(13-2)15-8-9-5-4-6-10(12)7-9/h4-7H,3,8H2,1-2H3,(H2,13,14,15). The first-order valence-electron chi connectivity index (χ1n) is 4.95. The molecule has 0 heterocycles. The molecule has 0 fully saturated rings. The van der Waals surface area contributed by atoms with Crippen molar-refractivity contribution < 1.29 is 0 Å². The topological polar surface area (TPSA) is 36.4 Å². The summed E-state index contributed by atoms with van der Waals surface area (Å²) >= 11 is 5.88. The van der Waals surface area contributed by atoms with Crippen LogP contribution in [0, 0.1) is 0 Å². The van der Waals surface area contributed by atoms with Crippen molar-refractivity contribution in [1.29, 1.82) is 0 Å². The van der Waals surface area contributed by atoms with Gasteiger partial charge in [0, 0.05) is 25.2 Å². The summed E-state index contributed by atoms with van der Waals surface area (Å²) in [6.07, 6.45) is 0. The Balaban J connectivity index is 2.49. The maximum atomic E-state index is 5.88. The quantitative estimate of drug-likeness (QED) is 0.610. The van der Waals surface area contributed by atoms with Gasteiger partial charge in [0.2, 0.25) is 0 Å². The van der Waals surface area contributed by atoms with Gasteiger partial charge in [-0.1, -0.05) is 23.7 Å². The average molecular weight is 226 g/mol. The molecule has 0 aliphatic carbocycles. The Bertz CT molecular complexity index is 336. The van der Waals surface area contributed by atoms with E-state index in [0.29, 0.717) is 0 Å². The molecule has 0 radical (unpaired) electrons. The Morgan fingerprint density at radius 3 is 2.80 bits per heavy atom. The van der Waals surface area contributed by atoms with Crippen molar-refractivity contribution in [3.05, 3.63) is 34.9 Å². The molecule has 0 aliphatic heterocycles. The lowest BCUT2D eigenvalue weighted by Gasteiger charge is -2.10. The summed E-state index contributed by atoms with van der Waals surface area (Å²) in [4.78, 5) is 4.08. The predicted octanol–water partition coefficient (Wildman–Crippen LogP) is 2.02. The van der Waals surface area contributed by atoms with Gasteiger partial charge < -0.3 is 10.6 Å². The zero-order valence-electron chi connectivity index (χ0n) is 9.05. The molecule has 0 atom stereocenters. The minimum atomic E-state index is 0.722. The van der Waals surface area contributed by atoms with Gasteiger partial charge in [-0.15, -0.1) is 0 Å². The van der Waals surface area contributed by atoms with Gasteiger partial charge in [-0.2, -0.15) is 0 Å². The Kier molecular flexibility index (Phi) is 4.98. The summed E-state index contributed by atoms with van der Waals surface area (Å²) < 4.78 is 0. The van der Waals surface area contributed by atoms with Gasteiger partial charge in [-0.25, -0.2) is 0 Å². The first-order chi connectivity index (χ1) is 7.26. The lowest BCUT2D eigenvalue weighted by molar-refractivity contribution is 0.830. The summed E-state index contributed by atoms with van der Waals surface area (Å²) in [7, 11) is 1.75. The Hall–Kier alpha value is -1.22. The molecule has 1 aromatic rings. The largest absolute Gasteiger partial charge is 0.357 e. The first-order valence-corrected chi connectivity index (χ1v) is 5.33. The van der Waals surface area contributed by atoms with Gasteiger partial charge >= 0.3 is 0 Å². The van der Waals surface area contributed by atoms with Crippen LogP contribution in [0.15, 0.2) is 29.3 Å². The zero-order chi connectivity index (χ0) is 11.1. The van der Waals surface area contributed by atoms with Gasteiger partial charge in [0.25, 0.3) is 0 Å². The second kappa shape index (κ2) is 6.30. The summed E-state index contributed by atoms with van der Waals surface area (Å²) in [5.74, 6) is 0.803. The molecule has 0 unspecified atom stereocenters. The molecular formula is C11H16ClN3. The molecule has 0 saturated heterocycles. The molecular weight excluding hydrogens is 210 g/mol. The van der Waals surface area contributed by atoms with Crippen LogP contribution < -0.4 is 10.6 Å². The molecule has 1 rings (SSSR count). The highest BCUT2D eigenvalue weighted by molar-refractivity contribution is 6.30. The van der Waals surface area contributed by atoms with Gasteiger partial charge in [-0.3, -0.25) is 4.99 Å². The fourth-order valence-corrected chi connectivity index (χ4v) is 1.43. The van der Waals surface area contributed by atoms with E-state index in [9.17, 15) is 0 Å². The molecule has 1 aromatic carbocycles. The second-order valence-corrected chi connectivity index (χ2v) is 3.52. The van der Waals surface area contributed by atoms with E-state index in [1.165, 1.54) is 0 Å². The van der Waals surface area contributed by atoms with Crippen molar-refractivity contribution in [2.24, 2.45) is 4.99 Å². The number of guanidine groups is 1. The first kappa shape index (κ1) is 11.9. The summed E-state index contributed by atoms with van der Waals surface area (Å²) in [5.41, 5.74) is 1.14. The highest BCUT2D eigenvalue weighted by Crippen LogP contribution is 2.09. The third kappa shape index (κ3) is 4.21. The van der Waals surface area contributed by atoms with Crippen molar-refractivity contribution in [3.63, 3.8) is 0 Å². The maximum absolute atomic E-state index is 5.88. The second-order valence-electron chi connectivity index (χ2n) is 3.09. The average Bonchev–Trinajstić information content (AvgIpc) is 2.24. The van der Waals surface area contributed by atoms with Gasteiger partial charge in [0.1, 0.15) is 0 Å². The minimum Gasteiger partial charge on any atom is -0.357 e. The molecule has 3 nitrogen and oxygen atoms in total. The monoisotopic (exact) mass is 225 g/mol. The molecule has 0 bridgehead atoms. The van der Waals surface area contributed by atoms with E-state index >= 15 is 0 Å². The number of nitrogens with one attached hydrogen (secondary N) is 2. The van der Waals surface area contributed by atoms with Gasteiger partial charge in [0.15, 0.2) is 5.96 Å². The molecule has 0 spiro atoms. The van der Waals surface area contributed by atoms with Crippen LogP contribution in [-0.2, 0) is 6.54 Å². The van der Waals surface area contributed by atoms with E-state index in [-0.39, 0.29) is 0 Å². The number of aliphatic imine (C=N–C) groups is 1. The Morgan fingerprint density at radius 2 is 2.20 bits per heavy atom. The molecule has 0 saturated carbocycles. The van der Waals surface area contributed by atoms with Crippen molar-refractivity contribution in [2.75, 3.05) is 13.6 Å². The SMILES string of the molecule is CCNC(=NC)NCc1cccc(Cl)c1. The molecule has 82 valence electrons. The van der Waals surface area contributed by atoms with E-state index in [1.54, 1.807) is 7.05 Å². The van der Waals surface area contributed by atoms with Crippen LogP contribution in [-0.4, -0.2) is 19.6 Å². The van der Waals surface area contributed by atoms with Gasteiger partial charge in [-0.05, 0) is 24.6 Å². The smallest absolute Gasteiger partial charge is 0.191 e. The molecule has 0 amide bonds. The van der Waals surface area contributed by atoms with Gasteiger partial charge in [0.05, 0.1) is 0 Å². The van der Waals surface area contributed by atoms with Crippen LogP contribution in [0.1, 0.15) is 12.5 Å². The molecule has 0 aliphatic rings. The van der Waals surface area contributed by atoms with Crippen molar-refractivity contribution in [2.45, 2.75) is 13.5 Å².